The molecule has 5 rings (SSSR count). The molecule has 1 aromatic heterocycles. The average molecular weight is 607 g/mol. The van der Waals surface area contributed by atoms with E-state index in [2.05, 4.69) is 42.4 Å². The lowest BCUT2D eigenvalue weighted by molar-refractivity contribution is -0.123. The number of likely N-dealkylation sites (tertiary alicyclic amines) is 1. The Hall–Kier alpha value is -4.76. The summed E-state index contributed by atoms with van der Waals surface area (Å²) < 4.78 is 1.51. The standard InChI is InChI=1S/C36H42N6O3/c1-23-29(10-7-11-30(23)40-34(44)26-12-14-27(15-13-26)36(2,3)4)31-22-41(5)35(45)33(39-31)38-28-9-6-8-24(20-28)21-42-18-16-25(17-19-42)32(37)43/h6-15,20,22,25H,16-19,21H2,1-5H3,(H2,37,43)(H,38,39)(H,40,44). The molecule has 9 heteroatoms. The fourth-order valence-electron chi connectivity index (χ4n) is 5.70. The normalized spacial score (nSPS) is 14.2. The number of piperidine rings is 1. The van der Waals surface area contributed by atoms with Crippen LogP contribution in [0.3, 0.4) is 0 Å². The molecule has 0 radical (unpaired) electrons. The van der Waals surface area contributed by atoms with Crippen molar-refractivity contribution in [3.63, 3.8) is 0 Å². The number of nitrogens with zero attached hydrogens (tertiary/aromatic N) is 3. The Kier molecular flexibility index (Phi) is 9.20. The van der Waals surface area contributed by atoms with Crippen LogP contribution in [0.15, 0.2) is 77.7 Å². The summed E-state index contributed by atoms with van der Waals surface area (Å²) in [5.74, 6) is -0.244. The predicted octanol–water partition coefficient (Wildman–Crippen LogP) is 5.75. The summed E-state index contributed by atoms with van der Waals surface area (Å²) in [5, 5.41) is 6.28. The first kappa shape index (κ1) is 31.7. The molecule has 0 saturated carbocycles. The summed E-state index contributed by atoms with van der Waals surface area (Å²) in [6.45, 7) is 10.7. The molecule has 2 amide bonds. The molecule has 1 saturated heterocycles. The maximum absolute atomic E-state index is 13.1. The van der Waals surface area contributed by atoms with Crippen LogP contribution in [0.4, 0.5) is 17.2 Å². The second-order valence-corrected chi connectivity index (χ2v) is 12.9. The maximum atomic E-state index is 13.1. The zero-order chi connectivity index (χ0) is 32.3. The van der Waals surface area contributed by atoms with Gasteiger partial charge >= 0.3 is 0 Å². The zero-order valence-corrected chi connectivity index (χ0v) is 26.7. The third-order valence-corrected chi connectivity index (χ3v) is 8.53. The number of nitrogens with two attached hydrogens (primary N) is 1. The van der Waals surface area contributed by atoms with Crippen LogP contribution in [0, 0.1) is 12.8 Å². The molecule has 0 bridgehead atoms. The van der Waals surface area contributed by atoms with Gasteiger partial charge in [0, 0.05) is 48.2 Å². The fourth-order valence-corrected chi connectivity index (χ4v) is 5.70. The van der Waals surface area contributed by atoms with E-state index in [-0.39, 0.29) is 34.5 Å². The van der Waals surface area contributed by atoms with Crippen molar-refractivity contribution < 1.29 is 9.59 Å². The fraction of sp³-hybridized carbons (Fsp3) is 0.333. The van der Waals surface area contributed by atoms with Gasteiger partial charge in [-0.05, 0) is 85.3 Å². The number of primary amides is 1. The van der Waals surface area contributed by atoms with Crippen molar-refractivity contribution in [1.29, 1.82) is 0 Å². The van der Waals surface area contributed by atoms with E-state index in [9.17, 15) is 14.4 Å². The van der Waals surface area contributed by atoms with Gasteiger partial charge in [0.25, 0.3) is 11.5 Å². The Morgan fingerprint density at radius 2 is 1.69 bits per heavy atom. The number of benzene rings is 3. The zero-order valence-electron chi connectivity index (χ0n) is 26.7. The molecule has 1 fully saturated rings. The molecule has 4 N–H and O–H groups in total. The van der Waals surface area contributed by atoms with Crippen molar-refractivity contribution >= 4 is 29.0 Å². The summed E-state index contributed by atoms with van der Waals surface area (Å²) in [6.07, 6.45) is 3.25. The van der Waals surface area contributed by atoms with E-state index in [0.717, 1.165) is 60.4 Å². The van der Waals surface area contributed by atoms with Gasteiger partial charge in [-0.2, -0.15) is 0 Å². The molecule has 2 heterocycles. The Bertz CT molecular complexity index is 1760. The minimum atomic E-state index is -0.251. The van der Waals surface area contributed by atoms with Crippen LogP contribution in [-0.2, 0) is 23.8 Å². The molecule has 1 aliphatic rings. The van der Waals surface area contributed by atoms with Crippen molar-refractivity contribution in [2.45, 2.75) is 52.5 Å². The van der Waals surface area contributed by atoms with Crippen LogP contribution in [0.5, 0.6) is 0 Å². The number of hydrogen-bond donors (Lipinski definition) is 3. The molecule has 0 unspecified atom stereocenters. The Morgan fingerprint density at radius 1 is 1.00 bits per heavy atom. The van der Waals surface area contributed by atoms with Gasteiger partial charge in [0.2, 0.25) is 5.91 Å². The first-order valence-corrected chi connectivity index (χ1v) is 15.4. The monoisotopic (exact) mass is 606 g/mol. The third kappa shape index (κ3) is 7.49. The van der Waals surface area contributed by atoms with Gasteiger partial charge in [-0.3, -0.25) is 19.3 Å². The third-order valence-electron chi connectivity index (χ3n) is 8.53. The lowest BCUT2D eigenvalue weighted by Crippen LogP contribution is -2.38. The van der Waals surface area contributed by atoms with Gasteiger partial charge in [0.05, 0.1) is 5.69 Å². The molecule has 0 atom stereocenters. The Balaban J connectivity index is 1.33. The van der Waals surface area contributed by atoms with Gasteiger partial charge < -0.3 is 20.9 Å². The van der Waals surface area contributed by atoms with E-state index in [4.69, 9.17) is 10.7 Å². The summed E-state index contributed by atoms with van der Waals surface area (Å²) in [7, 11) is 1.70. The van der Waals surface area contributed by atoms with E-state index in [1.54, 1.807) is 13.2 Å². The highest BCUT2D eigenvalue weighted by molar-refractivity contribution is 6.05. The summed E-state index contributed by atoms with van der Waals surface area (Å²) in [5.41, 5.74) is 11.8. The molecule has 1 aliphatic heterocycles. The van der Waals surface area contributed by atoms with Crippen LogP contribution >= 0.6 is 0 Å². The largest absolute Gasteiger partial charge is 0.369 e. The van der Waals surface area contributed by atoms with Gasteiger partial charge in [-0.25, -0.2) is 4.98 Å². The first-order valence-electron chi connectivity index (χ1n) is 15.4. The predicted molar refractivity (Wildman–Crippen MR) is 180 cm³/mol. The van der Waals surface area contributed by atoms with Gasteiger partial charge in [0.15, 0.2) is 5.82 Å². The van der Waals surface area contributed by atoms with Gasteiger partial charge in [-0.15, -0.1) is 0 Å². The van der Waals surface area contributed by atoms with Crippen molar-refractivity contribution in [3.05, 3.63) is 106 Å². The minimum Gasteiger partial charge on any atom is -0.369 e. The quantitative estimate of drug-likeness (QED) is 0.235. The van der Waals surface area contributed by atoms with E-state index in [1.165, 1.54) is 4.57 Å². The first-order chi connectivity index (χ1) is 21.4. The van der Waals surface area contributed by atoms with E-state index in [1.807, 2.05) is 67.6 Å². The van der Waals surface area contributed by atoms with E-state index in [0.29, 0.717) is 16.9 Å². The second kappa shape index (κ2) is 13.1. The summed E-state index contributed by atoms with van der Waals surface area (Å²) in [4.78, 5) is 44.8. The van der Waals surface area contributed by atoms with Crippen LogP contribution in [0.2, 0.25) is 0 Å². The van der Waals surface area contributed by atoms with Crippen LogP contribution in [0.1, 0.15) is 60.7 Å². The number of nitrogens with one attached hydrogen (secondary N) is 2. The van der Waals surface area contributed by atoms with Crippen molar-refractivity contribution in [1.82, 2.24) is 14.5 Å². The number of carbonyl (C=O) groups is 2. The van der Waals surface area contributed by atoms with Crippen molar-refractivity contribution in [2.75, 3.05) is 23.7 Å². The van der Waals surface area contributed by atoms with Crippen LogP contribution in [0.25, 0.3) is 11.3 Å². The molecule has 3 aromatic carbocycles. The van der Waals surface area contributed by atoms with Crippen molar-refractivity contribution in [3.8, 4) is 11.3 Å². The Morgan fingerprint density at radius 3 is 2.36 bits per heavy atom. The number of rotatable bonds is 8. The number of carbonyl (C=O) groups excluding carboxylic acids is 2. The summed E-state index contributed by atoms with van der Waals surface area (Å²) in [6, 6.07) is 21.3. The van der Waals surface area contributed by atoms with E-state index < -0.39 is 0 Å². The highest BCUT2D eigenvalue weighted by atomic mass is 16.2. The SMILES string of the molecule is Cc1c(NC(=O)c2ccc(C(C)(C)C)cc2)cccc1-c1cn(C)c(=O)c(Nc2cccc(CN3CCC(C(N)=O)CC3)c2)n1. The number of aryl methyl sites for hydroxylation is 1. The number of amides is 2. The van der Waals surface area contributed by atoms with E-state index >= 15 is 0 Å². The second-order valence-electron chi connectivity index (χ2n) is 12.9. The van der Waals surface area contributed by atoms with Crippen molar-refractivity contribution in [2.24, 2.45) is 18.7 Å². The van der Waals surface area contributed by atoms with Crippen LogP contribution in [-0.4, -0.2) is 39.4 Å². The minimum absolute atomic E-state index is 0.00493. The van der Waals surface area contributed by atoms with Gasteiger partial charge in [-0.1, -0.05) is 57.2 Å². The molecule has 0 aliphatic carbocycles. The number of aromatic nitrogens is 2. The molecular weight excluding hydrogens is 564 g/mol. The lowest BCUT2D eigenvalue weighted by Gasteiger charge is -2.30. The molecule has 0 spiro atoms. The molecule has 45 heavy (non-hydrogen) atoms. The number of hydrogen-bond acceptors (Lipinski definition) is 6. The summed E-state index contributed by atoms with van der Waals surface area (Å²) >= 11 is 0. The number of anilines is 3. The molecular formula is C36H42N6O3. The topological polar surface area (TPSA) is 122 Å². The highest BCUT2D eigenvalue weighted by Crippen LogP contribution is 2.29. The molecule has 4 aromatic rings. The maximum Gasteiger partial charge on any atom is 0.293 e. The average Bonchev–Trinajstić information content (AvgIpc) is 3.00. The Labute approximate surface area is 264 Å². The molecule has 234 valence electrons. The van der Waals surface area contributed by atoms with Crippen LogP contribution < -0.4 is 21.9 Å². The lowest BCUT2D eigenvalue weighted by atomic mass is 9.86. The highest BCUT2D eigenvalue weighted by Gasteiger charge is 2.23. The molecule has 9 nitrogen and oxygen atoms in total. The van der Waals surface area contributed by atoms with Gasteiger partial charge in [0.1, 0.15) is 0 Å². The smallest absolute Gasteiger partial charge is 0.293 e.